The minimum atomic E-state index is 0. The monoisotopic (exact) mass is 258 g/mol. The van der Waals surface area contributed by atoms with Crippen LogP contribution in [0.2, 0.25) is 0 Å². The Bertz CT molecular complexity index is 9.61. The zero-order valence-corrected chi connectivity index (χ0v) is 5.65. The van der Waals surface area contributed by atoms with Gasteiger partial charge in [-0.05, 0) is 0 Å². The summed E-state index contributed by atoms with van der Waals surface area (Å²) in [4.78, 5) is 0. The number of rotatable bonds is 0. The van der Waals surface area contributed by atoms with E-state index < -0.39 is 0 Å². The van der Waals surface area contributed by atoms with Crippen LogP contribution in [-0.4, -0.2) is 17.4 Å². The van der Waals surface area contributed by atoms with Gasteiger partial charge >= 0.3 is 46.3 Å². The van der Waals surface area contributed by atoms with Crippen molar-refractivity contribution >= 4 is 17.4 Å². The molecule has 0 heterocycles. The van der Waals surface area contributed by atoms with Crippen molar-refractivity contribution in [2.24, 2.45) is 0 Å². The van der Waals surface area contributed by atoms with Crippen molar-refractivity contribution in [3.05, 3.63) is 0 Å². The minimum absolute atomic E-state index is 0. The number of hydrogen-bond acceptors (Lipinski definition) is 2. The van der Waals surface area contributed by atoms with Gasteiger partial charge in [-0.2, -0.15) is 0 Å². The fourth-order valence-corrected chi connectivity index (χ4v) is 0. The van der Waals surface area contributed by atoms with E-state index in [2.05, 4.69) is 0 Å². The van der Waals surface area contributed by atoms with E-state index in [1.807, 2.05) is 0 Å². The molecule has 0 saturated carbocycles. The first-order chi connectivity index (χ1) is 2.00. The van der Waals surface area contributed by atoms with Gasteiger partial charge in [-0.25, -0.2) is 0 Å². The van der Waals surface area contributed by atoms with Gasteiger partial charge in [0.05, 0.1) is 0 Å². The first-order valence-corrected chi connectivity index (χ1v) is 1.97. The molecule has 0 spiro atoms. The third-order valence-corrected chi connectivity index (χ3v) is 0. The normalized spacial score (nSPS) is 1.60. The van der Waals surface area contributed by atoms with Gasteiger partial charge in [0.2, 0.25) is 0 Å². The predicted octanol–water partition coefficient (Wildman–Crippen LogP) is -1.43. The Labute approximate surface area is 63.2 Å². The van der Waals surface area contributed by atoms with Gasteiger partial charge < -0.3 is 0 Å². The molecule has 0 saturated heterocycles. The second-order valence-corrected chi connectivity index (χ2v) is 0. The van der Waals surface area contributed by atoms with E-state index in [1.54, 1.807) is 0 Å². The third-order valence-electron chi connectivity index (χ3n) is 0. The van der Waals surface area contributed by atoms with Crippen molar-refractivity contribution in [1.29, 1.82) is 0 Å². The summed E-state index contributed by atoms with van der Waals surface area (Å²) in [5.41, 5.74) is 0. The molecule has 5 heteroatoms. The standard InChI is InChI=1S/Al.2Mo.2O.3H. The van der Waals surface area contributed by atoms with Crippen LogP contribution in [0.4, 0.5) is 0 Å². The first-order valence-electron chi connectivity index (χ1n) is 0.333. The quantitative estimate of drug-likeness (QED) is 0.497. The van der Waals surface area contributed by atoms with Crippen molar-refractivity contribution in [3.63, 3.8) is 0 Å². The van der Waals surface area contributed by atoms with Gasteiger partial charge in [0.25, 0.3) is 0 Å². The van der Waals surface area contributed by atoms with Crippen LogP contribution in [0.25, 0.3) is 0 Å². The molecule has 0 rings (SSSR count). The summed E-state index contributed by atoms with van der Waals surface area (Å²) < 4.78 is 16.5. The molecule has 0 aliphatic heterocycles. The van der Waals surface area contributed by atoms with Crippen LogP contribution in [0.15, 0.2) is 0 Å². The topological polar surface area (TPSA) is 34.1 Å². The molecule has 0 aromatic carbocycles. The molecule has 30 valence electrons. The van der Waals surface area contributed by atoms with Crippen LogP contribution in [0, 0.1) is 0 Å². The fourth-order valence-electron chi connectivity index (χ4n) is 0. The zero-order chi connectivity index (χ0) is 4.00. The molecule has 0 aromatic heterocycles. The Balaban J connectivity index is -0.0000000133. The van der Waals surface area contributed by atoms with Gasteiger partial charge in [-0.15, -0.1) is 0 Å². The van der Waals surface area contributed by atoms with Gasteiger partial charge in [-0.3, -0.25) is 0 Å². The van der Waals surface area contributed by atoms with Crippen molar-refractivity contribution < 1.29 is 46.3 Å². The Morgan fingerprint density at radius 1 is 0.800 bits per heavy atom. The molecule has 0 amide bonds. The second-order valence-electron chi connectivity index (χ2n) is 0. The van der Waals surface area contributed by atoms with E-state index in [-0.39, 0.29) is 17.4 Å². The van der Waals surface area contributed by atoms with E-state index in [0.29, 0.717) is 39.6 Å². The van der Waals surface area contributed by atoms with Crippen molar-refractivity contribution in [2.75, 3.05) is 0 Å². The Morgan fingerprint density at radius 2 is 0.800 bits per heavy atom. The molecular weight excluding hydrogens is 251 g/mol. The van der Waals surface area contributed by atoms with Gasteiger partial charge in [0.15, 0.2) is 17.4 Å². The summed E-state index contributed by atoms with van der Waals surface area (Å²) in [6.07, 6.45) is 0. The molecule has 0 bridgehead atoms. The Hall–Kier alpha value is 1.51. The summed E-state index contributed by atoms with van der Waals surface area (Å²) >= 11 is 1.40. The molecule has 5 heavy (non-hydrogen) atoms. The Morgan fingerprint density at radius 3 is 0.800 bits per heavy atom. The molecule has 0 aliphatic carbocycles. The second kappa shape index (κ2) is 49.2. The van der Waals surface area contributed by atoms with E-state index in [1.165, 1.54) is 0 Å². The van der Waals surface area contributed by atoms with Gasteiger partial charge in [-0.1, -0.05) is 0 Å². The molecule has 0 unspecified atom stereocenters. The van der Waals surface area contributed by atoms with E-state index >= 15 is 0 Å². The summed E-state index contributed by atoms with van der Waals surface area (Å²) in [6.45, 7) is 0. The average molecular weight is 254 g/mol. The van der Waals surface area contributed by atoms with E-state index in [0.717, 1.165) is 0 Å². The summed E-state index contributed by atoms with van der Waals surface area (Å²) in [6, 6.07) is 0. The van der Waals surface area contributed by atoms with Crippen LogP contribution in [0.3, 0.4) is 0 Å². The fraction of sp³-hybridized carbons (Fsp3) is 0. The predicted molar refractivity (Wildman–Crippen MR) is 11.3 cm³/mol. The maximum atomic E-state index is 8.26. The average Bonchev–Trinajstić information content (AvgIpc) is 1.50. The van der Waals surface area contributed by atoms with Gasteiger partial charge in [0.1, 0.15) is 0 Å². The maximum absolute atomic E-state index is 8.26. The molecule has 2 nitrogen and oxygen atoms in total. The molecular formula is H3AlMo2O2. The summed E-state index contributed by atoms with van der Waals surface area (Å²) in [5, 5.41) is 0. The van der Waals surface area contributed by atoms with Crippen molar-refractivity contribution in [1.82, 2.24) is 0 Å². The Kier molecular flexibility index (Phi) is 158. The van der Waals surface area contributed by atoms with E-state index in [4.69, 9.17) is 6.80 Å². The first kappa shape index (κ1) is 16.0. The van der Waals surface area contributed by atoms with Crippen molar-refractivity contribution in [3.8, 4) is 0 Å². The summed E-state index contributed by atoms with van der Waals surface area (Å²) in [5.74, 6) is 0. The molecule has 0 aliphatic rings. The van der Waals surface area contributed by atoms with Crippen LogP contribution < -0.4 is 0 Å². The SMILES string of the molecule is [AlH3].[O]=[Mo].[O]=[Mo]. The molecule has 0 aromatic rings. The molecule has 0 radical (unpaired) electrons. The third kappa shape index (κ3) is 29.8. The van der Waals surface area contributed by atoms with Crippen LogP contribution >= 0.6 is 0 Å². The van der Waals surface area contributed by atoms with Crippen LogP contribution in [0.1, 0.15) is 0 Å². The zero-order valence-electron chi connectivity index (χ0n) is 1.63. The van der Waals surface area contributed by atoms with Crippen LogP contribution in [0.5, 0.6) is 0 Å². The molecule has 0 atom stereocenters. The van der Waals surface area contributed by atoms with Gasteiger partial charge in [0, 0.05) is 0 Å². The molecule has 0 fully saturated rings. The number of hydrogen-bond donors (Lipinski definition) is 0. The van der Waals surface area contributed by atoms with Crippen LogP contribution in [-0.2, 0) is 46.3 Å². The molecule has 0 N–H and O–H groups in total. The van der Waals surface area contributed by atoms with Crippen molar-refractivity contribution in [2.45, 2.75) is 0 Å². The summed E-state index contributed by atoms with van der Waals surface area (Å²) in [7, 11) is 0. The van der Waals surface area contributed by atoms with E-state index in [9.17, 15) is 0 Å².